The zero-order valence-electron chi connectivity index (χ0n) is 18.8. The van der Waals surface area contributed by atoms with Crippen molar-refractivity contribution in [1.29, 1.82) is 0 Å². The molecule has 0 aromatic heterocycles. The summed E-state index contributed by atoms with van der Waals surface area (Å²) in [6.45, 7) is 7.58. The van der Waals surface area contributed by atoms with Crippen molar-refractivity contribution < 1.29 is 38.0 Å². The standard InChI is InChI=1S/C19H44N4O8/c20-1-4-24-7-10-27-15-19(18-30-13-14-31-23,16-28-11-8-25-5-2-21)17-29-12-9-26-6-3-22/h1-18,20-23H2. The lowest BCUT2D eigenvalue weighted by Crippen LogP contribution is -2.43. The summed E-state index contributed by atoms with van der Waals surface area (Å²) in [7, 11) is 0. The molecular formula is C19H44N4O8. The summed E-state index contributed by atoms with van der Waals surface area (Å²) in [5.41, 5.74) is 15.7. The first kappa shape index (κ1) is 30.5. The Labute approximate surface area is 186 Å². The SMILES string of the molecule is NCCOCCOCC(COCCON)(COCCOCCN)COCCOCCN. The number of hydrogen-bond donors (Lipinski definition) is 4. The minimum atomic E-state index is -0.537. The third kappa shape index (κ3) is 19.9. The van der Waals surface area contributed by atoms with E-state index in [4.69, 9.17) is 56.3 Å². The molecule has 188 valence electrons. The highest BCUT2D eigenvalue weighted by Gasteiger charge is 2.32. The molecule has 0 aromatic carbocycles. The van der Waals surface area contributed by atoms with Crippen LogP contribution in [0.1, 0.15) is 0 Å². The molecule has 0 saturated heterocycles. The zero-order valence-corrected chi connectivity index (χ0v) is 18.8. The molecule has 0 aliphatic heterocycles. The van der Waals surface area contributed by atoms with Crippen LogP contribution in [-0.2, 0) is 38.0 Å². The second kappa shape index (κ2) is 24.2. The normalized spacial score (nSPS) is 12.0. The van der Waals surface area contributed by atoms with E-state index in [1.165, 1.54) is 0 Å². The zero-order chi connectivity index (χ0) is 22.9. The van der Waals surface area contributed by atoms with Crippen molar-refractivity contribution in [3.05, 3.63) is 0 Å². The molecule has 0 unspecified atom stereocenters. The maximum Gasteiger partial charge on any atom is 0.0913 e. The third-order valence-corrected chi connectivity index (χ3v) is 3.88. The Kier molecular flexibility index (Phi) is 23.8. The van der Waals surface area contributed by atoms with Crippen LogP contribution in [0.2, 0.25) is 0 Å². The van der Waals surface area contributed by atoms with Crippen LogP contribution in [0, 0.1) is 5.41 Å². The summed E-state index contributed by atoms with van der Waals surface area (Å²) in [5.74, 6) is 5.07. The highest BCUT2D eigenvalue weighted by molar-refractivity contribution is 4.79. The first-order valence-electron chi connectivity index (χ1n) is 10.7. The molecule has 0 aromatic rings. The van der Waals surface area contributed by atoms with Gasteiger partial charge >= 0.3 is 0 Å². The Morgan fingerprint density at radius 2 is 0.677 bits per heavy atom. The maximum atomic E-state index is 5.84. The van der Waals surface area contributed by atoms with Crippen molar-refractivity contribution in [3.8, 4) is 0 Å². The van der Waals surface area contributed by atoms with E-state index >= 15 is 0 Å². The molecular weight excluding hydrogens is 412 g/mol. The summed E-state index contributed by atoms with van der Waals surface area (Å²) in [5, 5.41) is 0. The Hall–Kier alpha value is -0.480. The smallest absolute Gasteiger partial charge is 0.0913 e. The molecule has 0 atom stereocenters. The van der Waals surface area contributed by atoms with Crippen LogP contribution in [-0.4, -0.2) is 119 Å². The van der Waals surface area contributed by atoms with E-state index in [0.29, 0.717) is 112 Å². The van der Waals surface area contributed by atoms with E-state index in [9.17, 15) is 0 Å². The topological polar surface area (TPSA) is 178 Å². The molecule has 0 spiro atoms. The van der Waals surface area contributed by atoms with Crippen LogP contribution >= 0.6 is 0 Å². The lowest BCUT2D eigenvalue weighted by atomic mass is 9.92. The van der Waals surface area contributed by atoms with E-state index in [1.807, 2.05) is 0 Å². The minimum Gasteiger partial charge on any atom is -0.378 e. The quantitative estimate of drug-likeness (QED) is 0.0821. The minimum absolute atomic E-state index is 0.283. The van der Waals surface area contributed by atoms with Crippen LogP contribution in [0.5, 0.6) is 0 Å². The molecule has 0 rings (SSSR count). The Balaban J connectivity index is 4.68. The van der Waals surface area contributed by atoms with Gasteiger partial charge in [0.05, 0.1) is 105 Å². The molecule has 8 N–H and O–H groups in total. The van der Waals surface area contributed by atoms with Gasteiger partial charge in [0.2, 0.25) is 0 Å². The number of hydrogen-bond acceptors (Lipinski definition) is 12. The molecule has 0 aliphatic rings. The second-order valence-corrected chi connectivity index (χ2v) is 6.78. The largest absolute Gasteiger partial charge is 0.378 e. The van der Waals surface area contributed by atoms with Crippen LogP contribution in [0.25, 0.3) is 0 Å². The Bertz CT molecular complexity index is 318. The maximum absolute atomic E-state index is 5.84. The van der Waals surface area contributed by atoms with Gasteiger partial charge in [0.25, 0.3) is 0 Å². The van der Waals surface area contributed by atoms with Crippen molar-refractivity contribution in [2.75, 3.05) is 119 Å². The first-order valence-corrected chi connectivity index (χ1v) is 10.7. The van der Waals surface area contributed by atoms with E-state index in [0.717, 1.165) is 0 Å². The van der Waals surface area contributed by atoms with Gasteiger partial charge < -0.3 is 55.2 Å². The number of nitrogens with two attached hydrogens (primary N) is 4. The van der Waals surface area contributed by atoms with Gasteiger partial charge in [0.1, 0.15) is 0 Å². The van der Waals surface area contributed by atoms with E-state index < -0.39 is 5.41 Å². The van der Waals surface area contributed by atoms with Gasteiger partial charge in [-0.3, -0.25) is 0 Å². The lowest BCUT2D eigenvalue weighted by Gasteiger charge is -2.33. The molecule has 0 saturated carbocycles. The molecule has 0 fully saturated rings. The molecule has 0 aliphatic carbocycles. The molecule has 0 radical (unpaired) electrons. The number of rotatable bonds is 26. The van der Waals surface area contributed by atoms with Crippen molar-refractivity contribution in [2.45, 2.75) is 0 Å². The molecule has 31 heavy (non-hydrogen) atoms. The third-order valence-electron chi connectivity index (χ3n) is 3.88. The monoisotopic (exact) mass is 456 g/mol. The van der Waals surface area contributed by atoms with Crippen LogP contribution in [0.4, 0.5) is 0 Å². The van der Waals surface area contributed by atoms with E-state index in [2.05, 4.69) is 4.84 Å². The van der Waals surface area contributed by atoms with E-state index in [1.54, 1.807) is 0 Å². The molecule has 0 bridgehead atoms. The van der Waals surface area contributed by atoms with Crippen LogP contribution in [0.15, 0.2) is 0 Å². The fraction of sp³-hybridized carbons (Fsp3) is 1.00. The summed E-state index contributed by atoms with van der Waals surface area (Å²) < 4.78 is 39.3. The highest BCUT2D eigenvalue weighted by atomic mass is 16.6. The summed E-state index contributed by atoms with van der Waals surface area (Å²) in [4.78, 5) is 4.57. The lowest BCUT2D eigenvalue weighted by molar-refractivity contribution is -0.121. The average Bonchev–Trinajstić information content (AvgIpc) is 2.78. The molecule has 0 heterocycles. The molecule has 12 nitrogen and oxygen atoms in total. The Morgan fingerprint density at radius 3 is 0.968 bits per heavy atom. The molecule has 12 heteroatoms. The fourth-order valence-corrected chi connectivity index (χ4v) is 2.42. The van der Waals surface area contributed by atoms with Gasteiger partial charge in [-0.25, -0.2) is 5.90 Å². The summed E-state index contributed by atoms with van der Waals surface area (Å²) in [6, 6.07) is 0. The second-order valence-electron chi connectivity index (χ2n) is 6.78. The van der Waals surface area contributed by atoms with Gasteiger partial charge in [-0.1, -0.05) is 0 Å². The van der Waals surface area contributed by atoms with Crippen molar-refractivity contribution in [1.82, 2.24) is 0 Å². The van der Waals surface area contributed by atoms with Gasteiger partial charge in [-0.2, -0.15) is 0 Å². The Morgan fingerprint density at radius 1 is 0.387 bits per heavy atom. The molecule has 0 amide bonds. The fourth-order valence-electron chi connectivity index (χ4n) is 2.42. The van der Waals surface area contributed by atoms with E-state index in [-0.39, 0.29) is 6.61 Å². The number of ether oxygens (including phenoxy) is 7. The highest BCUT2D eigenvalue weighted by Crippen LogP contribution is 2.21. The van der Waals surface area contributed by atoms with Crippen molar-refractivity contribution >= 4 is 0 Å². The predicted molar refractivity (Wildman–Crippen MR) is 115 cm³/mol. The summed E-state index contributed by atoms with van der Waals surface area (Å²) >= 11 is 0. The van der Waals surface area contributed by atoms with Gasteiger partial charge in [0, 0.05) is 19.6 Å². The van der Waals surface area contributed by atoms with Crippen molar-refractivity contribution in [2.24, 2.45) is 28.5 Å². The predicted octanol–water partition coefficient (Wildman–Crippen LogP) is -2.14. The van der Waals surface area contributed by atoms with Crippen LogP contribution < -0.4 is 23.1 Å². The van der Waals surface area contributed by atoms with Gasteiger partial charge in [0.15, 0.2) is 0 Å². The van der Waals surface area contributed by atoms with Gasteiger partial charge in [-0.15, -0.1) is 0 Å². The van der Waals surface area contributed by atoms with Crippen molar-refractivity contribution in [3.63, 3.8) is 0 Å². The summed E-state index contributed by atoms with van der Waals surface area (Å²) in [6.07, 6.45) is 0. The average molecular weight is 457 g/mol. The van der Waals surface area contributed by atoms with Gasteiger partial charge in [-0.05, 0) is 0 Å². The first-order chi connectivity index (χ1) is 15.2. The van der Waals surface area contributed by atoms with Crippen LogP contribution in [0.3, 0.4) is 0 Å².